The van der Waals surface area contributed by atoms with Crippen LogP contribution in [-0.4, -0.2) is 32.7 Å². The summed E-state index contributed by atoms with van der Waals surface area (Å²) in [7, 11) is 1.42. The Balaban J connectivity index is 2.07. The lowest BCUT2D eigenvalue weighted by molar-refractivity contribution is 0.0692. The fraction of sp³-hybridized carbons (Fsp3) is 0.167. The molecule has 0 bridgehead atoms. The van der Waals surface area contributed by atoms with E-state index in [0.29, 0.717) is 28.9 Å². The van der Waals surface area contributed by atoms with Gasteiger partial charge in [-0.1, -0.05) is 67.6 Å². The number of aryl methyl sites for hydroxylation is 1. The van der Waals surface area contributed by atoms with Crippen molar-refractivity contribution in [1.82, 2.24) is 9.38 Å². The fourth-order valence-corrected chi connectivity index (χ4v) is 3.87. The molecule has 4 aromatic rings. The zero-order valence-corrected chi connectivity index (χ0v) is 16.7. The lowest BCUT2D eigenvalue weighted by atomic mass is 9.82. The molecular formula is C24H22N2O4. The number of aromatic nitrogens is 2. The van der Waals surface area contributed by atoms with E-state index in [1.54, 1.807) is 10.5 Å². The fourth-order valence-electron chi connectivity index (χ4n) is 3.87. The van der Waals surface area contributed by atoms with Gasteiger partial charge in [0.2, 0.25) is 0 Å². The molecule has 0 unspecified atom stereocenters. The Morgan fingerprint density at radius 2 is 1.63 bits per heavy atom. The summed E-state index contributed by atoms with van der Waals surface area (Å²) in [6, 6.07) is 20.3. The number of hydrogen-bond acceptors (Lipinski definition) is 4. The molecule has 0 aliphatic rings. The summed E-state index contributed by atoms with van der Waals surface area (Å²) in [5, 5.41) is 21.7. The van der Waals surface area contributed by atoms with Crippen LogP contribution < -0.4 is 4.74 Å². The summed E-state index contributed by atoms with van der Waals surface area (Å²) in [6.07, 6.45) is 2.05. The van der Waals surface area contributed by atoms with Gasteiger partial charge in [0.25, 0.3) is 0 Å². The molecular weight excluding hydrogens is 380 g/mol. The summed E-state index contributed by atoms with van der Waals surface area (Å²) >= 11 is 0. The number of ether oxygens (including phenoxy) is 1. The predicted octanol–water partition coefficient (Wildman–Crippen LogP) is 3.89. The quantitative estimate of drug-likeness (QED) is 0.511. The average Bonchev–Trinajstić information content (AvgIpc) is 3.16. The van der Waals surface area contributed by atoms with Crippen LogP contribution in [0, 0.1) is 0 Å². The van der Waals surface area contributed by atoms with Crippen molar-refractivity contribution in [2.75, 3.05) is 7.11 Å². The Bertz CT molecular complexity index is 1160. The molecule has 0 amide bonds. The molecule has 0 atom stereocenters. The molecule has 6 nitrogen and oxygen atoms in total. The smallest absolute Gasteiger partial charge is 0.341 e. The summed E-state index contributed by atoms with van der Waals surface area (Å²) in [4.78, 5) is 16.5. The summed E-state index contributed by atoms with van der Waals surface area (Å²) in [5.74, 6) is -0.871. The number of nitrogens with zero attached hydrogens (tertiary/aromatic N) is 2. The molecule has 0 aliphatic carbocycles. The molecule has 2 aromatic carbocycles. The Morgan fingerprint density at radius 3 is 2.10 bits per heavy atom. The van der Waals surface area contributed by atoms with Crippen molar-refractivity contribution in [2.24, 2.45) is 0 Å². The maximum atomic E-state index is 12.1. The van der Waals surface area contributed by atoms with E-state index < -0.39 is 11.6 Å². The van der Waals surface area contributed by atoms with E-state index in [-0.39, 0.29) is 11.3 Å². The third-order valence-corrected chi connectivity index (χ3v) is 5.33. The number of aromatic carboxylic acids is 1. The number of hydrogen-bond donors (Lipinski definition) is 2. The maximum Gasteiger partial charge on any atom is 0.341 e. The number of carbonyl (C=O) groups is 1. The number of pyridine rings is 1. The van der Waals surface area contributed by atoms with Crippen molar-refractivity contribution < 1.29 is 19.7 Å². The second-order valence-electron chi connectivity index (χ2n) is 6.99. The highest BCUT2D eigenvalue weighted by molar-refractivity contribution is 5.91. The van der Waals surface area contributed by atoms with Gasteiger partial charge in [0.1, 0.15) is 22.7 Å². The molecule has 6 heteroatoms. The number of imidazole rings is 1. The Labute approximate surface area is 174 Å². The van der Waals surface area contributed by atoms with Crippen LogP contribution in [0.5, 0.6) is 5.75 Å². The van der Waals surface area contributed by atoms with Crippen molar-refractivity contribution in [1.29, 1.82) is 0 Å². The molecule has 0 aliphatic heterocycles. The van der Waals surface area contributed by atoms with Gasteiger partial charge >= 0.3 is 5.97 Å². The van der Waals surface area contributed by atoms with Crippen LogP contribution in [0.4, 0.5) is 0 Å². The van der Waals surface area contributed by atoms with Gasteiger partial charge < -0.3 is 19.4 Å². The van der Waals surface area contributed by atoms with Crippen LogP contribution in [0.1, 0.15) is 39.8 Å². The van der Waals surface area contributed by atoms with Crippen LogP contribution in [0.25, 0.3) is 5.65 Å². The van der Waals surface area contributed by atoms with E-state index in [2.05, 4.69) is 0 Å². The third kappa shape index (κ3) is 3.02. The molecule has 2 aromatic heterocycles. The molecule has 152 valence electrons. The monoisotopic (exact) mass is 402 g/mol. The first-order valence-corrected chi connectivity index (χ1v) is 9.66. The molecule has 0 spiro atoms. The molecule has 2 heterocycles. The van der Waals surface area contributed by atoms with E-state index in [1.165, 1.54) is 13.3 Å². The summed E-state index contributed by atoms with van der Waals surface area (Å²) < 4.78 is 6.98. The Kier molecular flexibility index (Phi) is 5.01. The van der Waals surface area contributed by atoms with Gasteiger partial charge in [0.15, 0.2) is 5.60 Å². The summed E-state index contributed by atoms with van der Waals surface area (Å²) in [5.41, 5.74) is 1.59. The van der Waals surface area contributed by atoms with Crippen molar-refractivity contribution in [3.63, 3.8) is 0 Å². The molecule has 30 heavy (non-hydrogen) atoms. The lowest BCUT2D eigenvalue weighted by Gasteiger charge is -2.29. The van der Waals surface area contributed by atoms with Gasteiger partial charge in [-0.25, -0.2) is 9.78 Å². The maximum absolute atomic E-state index is 12.1. The van der Waals surface area contributed by atoms with Gasteiger partial charge in [-0.3, -0.25) is 0 Å². The van der Waals surface area contributed by atoms with Crippen molar-refractivity contribution >= 4 is 11.6 Å². The van der Waals surface area contributed by atoms with Crippen LogP contribution in [0.3, 0.4) is 0 Å². The SMILES string of the molecule is CCc1c(C(O)(c2ccccc2)c2ccccc2)nc2cc(OC)c(C(=O)O)cn12. The molecule has 0 fully saturated rings. The highest BCUT2D eigenvalue weighted by Gasteiger charge is 2.39. The van der Waals surface area contributed by atoms with E-state index in [1.807, 2.05) is 67.6 Å². The Hall–Kier alpha value is -3.64. The number of rotatable bonds is 6. The van der Waals surface area contributed by atoms with E-state index in [4.69, 9.17) is 9.72 Å². The number of carboxylic acids is 1. The molecule has 0 radical (unpaired) electrons. The van der Waals surface area contributed by atoms with E-state index in [9.17, 15) is 15.0 Å². The Morgan fingerprint density at radius 1 is 1.07 bits per heavy atom. The first-order chi connectivity index (χ1) is 14.5. The molecule has 4 rings (SSSR count). The number of carboxylic acid groups (broad SMARTS) is 1. The highest BCUT2D eigenvalue weighted by atomic mass is 16.5. The predicted molar refractivity (Wildman–Crippen MR) is 113 cm³/mol. The number of methoxy groups -OCH3 is 1. The van der Waals surface area contributed by atoms with Crippen molar-refractivity contribution in [3.05, 3.63) is 101 Å². The number of benzene rings is 2. The second-order valence-corrected chi connectivity index (χ2v) is 6.99. The van der Waals surface area contributed by atoms with E-state index >= 15 is 0 Å². The van der Waals surface area contributed by atoms with Gasteiger partial charge in [-0.05, 0) is 17.5 Å². The molecule has 0 saturated carbocycles. The first kappa shape index (κ1) is 19.7. The van der Waals surface area contributed by atoms with Gasteiger partial charge in [-0.2, -0.15) is 0 Å². The van der Waals surface area contributed by atoms with Crippen LogP contribution in [-0.2, 0) is 12.0 Å². The van der Waals surface area contributed by atoms with Gasteiger partial charge in [0, 0.05) is 18.0 Å². The third-order valence-electron chi connectivity index (χ3n) is 5.33. The molecule has 2 N–H and O–H groups in total. The van der Waals surface area contributed by atoms with Crippen LogP contribution in [0.15, 0.2) is 72.9 Å². The molecule has 0 saturated heterocycles. The van der Waals surface area contributed by atoms with Gasteiger partial charge in [0.05, 0.1) is 7.11 Å². The van der Waals surface area contributed by atoms with Crippen molar-refractivity contribution in [2.45, 2.75) is 18.9 Å². The zero-order chi connectivity index (χ0) is 21.3. The summed E-state index contributed by atoms with van der Waals surface area (Å²) in [6.45, 7) is 1.95. The van der Waals surface area contributed by atoms with Crippen LogP contribution >= 0.6 is 0 Å². The topological polar surface area (TPSA) is 84.1 Å². The number of aliphatic hydroxyl groups is 1. The minimum absolute atomic E-state index is 0.0339. The number of fused-ring (bicyclic) bond motifs is 1. The van der Waals surface area contributed by atoms with Crippen molar-refractivity contribution in [3.8, 4) is 5.75 Å². The van der Waals surface area contributed by atoms with E-state index in [0.717, 1.165) is 5.69 Å². The standard InChI is InChI=1S/C24H22N2O4/c1-3-19-22(25-21-14-20(30-2)18(23(27)28)15-26(19)21)24(29,16-10-6-4-7-11-16)17-12-8-5-9-13-17/h4-15,29H,3H2,1-2H3,(H,27,28). The minimum atomic E-state index is -1.50. The van der Waals surface area contributed by atoms with Gasteiger partial charge in [-0.15, -0.1) is 0 Å². The largest absolute Gasteiger partial charge is 0.496 e. The zero-order valence-electron chi connectivity index (χ0n) is 16.7. The normalized spacial score (nSPS) is 11.6. The van der Waals surface area contributed by atoms with Crippen LogP contribution in [0.2, 0.25) is 0 Å². The first-order valence-electron chi connectivity index (χ1n) is 9.66. The average molecular weight is 402 g/mol. The second kappa shape index (κ2) is 7.65. The minimum Gasteiger partial charge on any atom is -0.496 e. The highest BCUT2D eigenvalue weighted by Crippen LogP contribution is 2.39. The lowest BCUT2D eigenvalue weighted by Crippen LogP contribution is -2.30.